The lowest BCUT2D eigenvalue weighted by atomic mass is 10.0. The molecule has 25 heavy (non-hydrogen) atoms. The van der Waals surface area contributed by atoms with Crippen LogP contribution in [0.5, 0.6) is 11.5 Å². The number of piperidine rings is 1. The lowest BCUT2D eigenvalue weighted by Gasteiger charge is -2.35. The highest BCUT2D eigenvalue weighted by Crippen LogP contribution is 2.30. The van der Waals surface area contributed by atoms with Crippen molar-refractivity contribution in [2.75, 3.05) is 32.8 Å². The number of likely N-dealkylation sites (tertiary alicyclic amines) is 1. The van der Waals surface area contributed by atoms with E-state index in [9.17, 15) is 4.79 Å². The van der Waals surface area contributed by atoms with Crippen molar-refractivity contribution in [1.29, 1.82) is 0 Å². The highest BCUT2D eigenvalue weighted by Gasteiger charge is 2.22. The molecule has 0 saturated carbocycles. The van der Waals surface area contributed by atoms with Gasteiger partial charge in [-0.1, -0.05) is 19.8 Å². The third kappa shape index (κ3) is 4.88. The number of carbonyl (C=O) groups excluding carboxylic acids is 1. The second-order valence-electron chi connectivity index (χ2n) is 6.96. The second-order valence-corrected chi connectivity index (χ2v) is 6.96. The second kappa shape index (κ2) is 9.09. The minimum absolute atomic E-state index is 0.0309. The molecule has 1 amide bonds. The van der Waals surface area contributed by atoms with E-state index in [0.717, 1.165) is 31.8 Å². The van der Waals surface area contributed by atoms with E-state index < -0.39 is 0 Å². The Morgan fingerprint density at radius 3 is 2.88 bits per heavy atom. The SMILES string of the molecule is CCCCN1CCCCC1CNC(=O)c1ccc2c(c1)OCCCO2. The predicted molar refractivity (Wildman–Crippen MR) is 98.5 cm³/mol. The molecule has 1 unspecified atom stereocenters. The van der Waals surface area contributed by atoms with Crippen LogP contribution in [-0.4, -0.2) is 49.7 Å². The van der Waals surface area contributed by atoms with Crippen LogP contribution in [0.15, 0.2) is 18.2 Å². The molecule has 1 fully saturated rings. The molecule has 138 valence electrons. The van der Waals surface area contributed by atoms with Gasteiger partial charge in [0.15, 0.2) is 11.5 Å². The fourth-order valence-corrected chi connectivity index (χ4v) is 3.56. The largest absolute Gasteiger partial charge is 0.490 e. The van der Waals surface area contributed by atoms with Gasteiger partial charge in [-0.15, -0.1) is 0 Å². The van der Waals surface area contributed by atoms with Crippen LogP contribution >= 0.6 is 0 Å². The van der Waals surface area contributed by atoms with Crippen LogP contribution in [0.2, 0.25) is 0 Å². The molecule has 5 nitrogen and oxygen atoms in total. The number of benzene rings is 1. The number of ether oxygens (including phenoxy) is 2. The number of rotatable bonds is 6. The first-order valence-electron chi connectivity index (χ1n) is 9.70. The number of nitrogens with zero attached hydrogens (tertiary/aromatic N) is 1. The standard InChI is InChI=1S/C20H30N2O3/c1-2-3-10-22-11-5-4-7-17(22)15-21-20(23)16-8-9-18-19(14-16)25-13-6-12-24-18/h8-9,14,17H,2-7,10-13,15H2,1H3,(H,21,23). The molecule has 1 aromatic carbocycles. The molecular formula is C20H30N2O3. The molecule has 0 spiro atoms. The van der Waals surface area contributed by atoms with Gasteiger partial charge in [-0.2, -0.15) is 0 Å². The van der Waals surface area contributed by atoms with E-state index in [-0.39, 0.29) is 5.91 Å². The molecule has 0 aromatic heterocycles. The first-order valence-corrected chi connectivity index (χ1v) is 9.70. The van der Waals surface area contributed by atoms with Crippen molar-refractivity contribution in [1.82, 2.24) is 10.2 Å². The Kier molecular flexibility index (Phi) is 6.56. The summed E-state index contributed by atoms with van der Waals surface area (Å²) >= 11 is 0. The maximum Gasteiger partial charge on any atom is 0.251 e. The smallest absolute Gasteiger partial charge is 0.251 e. The van der Waals surface area contributed by atoms with Crippen LogP contribution in [0.4, 0.5) is 0 Å². The molecule has 2 aliphatic heterocycles. The molecule has 2 heterocycles. The monoisotopic (exact) mass is 346 g/mol. The van der Waals surface area contributed by atoms with Crippen LogP contribution < -0.4 is 14.8 Å². The quantitative estimate of drug-likeness (QED) is 0.859. The summed E-state index contributed by atoms with van der Waals surface area (Å²) in [5, 5.41) is 3.12. The Hall–Kier alpha value is -1.75. The highest BCUT2D eigenvalue weighted by molar-refractivity contribution is 5.94. The maximum atomic E-state index is 12.6. The number of hydrogen-bond acceptors (Lipinski definition) is 4. The normalized spacial score (nSPS) is 20.8. The van der Waals surface area contributed by atoms with Gasteiger partial charge in [0.1, 0.15) is 0 Å². The summed E-state index contributed by atoms with van der Waals surface area (Å²) in [6.07, 6.45) is 7.01. The van der Waals surface area contributed by atoms with Crippen molar-refractivity contribution >= 4 is 5.91 Å². The zero-order valence-corrected chi connectivity index (χ0v) is 15.3. The molecule has 0 bridgehead atoms. The Labute approximate surface area is 150 Å². The summed E-state index contributed by atoms with van der Waals surface area (Å²) in [5.74, 6) is 1.37. The van der Waals surface area contributed by atoms with Crippen LogP contribution in [0, 0.1) is 0 Å². The fourth-order valence-electron chi connectivity index (χ4n) is 3.56. The molecular weight excluding hydrogens is 316 g/mol. The summed E-state index contributed by atoms with van der Waals surface area (Å²) in [7, 11) is 0. The zero-order chi connectivity index (χ0) is 17.5. The summed E-state index contributed by atoms with van der Waals surface area (Å²) < 4.78 is 11.3. The number of unbranched alkanes of at least 4 members (excludes halogenated alkanes) is 1. The van der Waals surface area contributed by atoms with Gasteiger partial charge in [0.25, 0.3) is 5.91 Å². The number of fused-ring (bicyclic) bond motifs is 1. The first kappa shape index (κ1) is 18.1. The van der Waals surface area contributed by atoms with Crippen molar-refractivity contribution in [2.45, 2.75) is 51.5 Å². The highest BCUT2D eigenvalue weighted by atomic mass is 16.5. The van der Waals surface area contributed by atoms with E-state index in [1.165, 1.54) is 32.1 Å². The predicted octanol–water partition coefficient (Wildman–Crippen LogP) is 3.23. The van der Waals surface area contributed by atoms with E-state index in [0.29, 0.717) is 30.6 Å². The minimum Gasteiger partial charge on any atom is -0.490 e. The van der Waals surface area contributed by atoms with Crippen molar-refractivity contribution < 1.29 is 14.3 Å². The number of nitrogens with one attached hydrogen (secondary N) is 1. The van der Waals surface area contributed by atoms with Gasteiger partial charge in [0.05, 0.1) is 13.2 Å². The van der Waals surface area contributed by atoms with Gasteiger partial charge in [-0.3, -0.25) is 9.69 Å². The summed E-state index contributed by atoms with van der Waals surface area (Å²) in [6, 6.07) is 5.92. The van der Waals surface area contributed by atoms with E-state index in [1.807, 2.05) is 12.1 Å². The Morgan fingerprint density at radius 1 is 1.20 bits per heavy atom. The van der Waals surface area contributed by atoms with Crippen LogP contribution in [-0.2, 0) is 0 Å². The topological polar surface area (TPSA) is 50.8 Å². The average Bonchev–Trinajstić information content (AvgIpc) is 2.89. The number of amides is 1. The lowest BCUT2D eigenvalue weighted by molar-refractivity contribution is 0.0912. The van der Waals surface area contributed by atoms with E-state index >= 15 is 0 Å². The third-order valence-electron chi connectivity index (χ3n) is 5.06. The summed E-state index contributed by atoms with van der Waals surface area (Å²) in [5.41, 5.74) is 0.639. The zero-order valence-electron chi connectivity index (χ0n) is 15.3. The molecule has 1 aromatic rings. The molecule has 3 rings (SSSR count). The molecule has 1 atom stereocenters. The molecule has 0 aliphatic carbocycles. The van der Waals surface area contributed by atoms with E-state index in [4.69, 9.17) is 9.47 Å². The molecule has 5 heteroatoms. The summed E-state index contributed by atoms with van der Waals surface area (Å²) in [6.45, 7) is 6.54. The van der Waals surface area contributed by atoms with Gasteiger partial charge < -0.3 is 14.8 Å². The van der Waals surface area contributed by atoms with Crippen LogP contribution in [0.25, 0.3) is 0 Å². The maximum absolute atomic E-state index is 12.6. The van der Waals surface area contributed by atoms with Crippen LogP contribution in [0.1, 0.15) is 55.8 Å². The fraction of sp³-hybridized carbons (Fsp3) is 0.650. The van der Waals surface area contributed by atoms with Gasteiger partial charge in [0, 0.05) is 24.6 Å². The molecule has 1 N–H and O–H groups in total. The number of hydrogen-bond donors (Lipinski definition) is 1. The Morgan fingerprint density at radius 2 is 2.04 bits per heavy atom. The van der Waals surface area contributed by atoms with E-state index in [1.54, 1.807) is 6.07 Å². The summed E-state index contributed by atoms with van der Waals surface area (Å²) in [4.78, 5) is 15.1. The minimum atomic E-state index is -0.0309. The van der Waals surface area contributed by atoms with Gasteiger partial charge in [-0.25, -0.2) is 0 Å². The average molecular weight is 346 g/mol. The molecule has 0 radical (unpaired) electrons. The Bertz CT molecular complexity index is 576. The van der Waals surface area contributed by atoms with Gasteiger partial charge in [0.2, 0.25) is 0 Å². The van der Waals surface area contributed by atoms with Crippen molar-refractivity contribution in [3.05, 3.63) is 23.8 Å². The van der Waals surface area contributed by atoms with Crippen molar-refractivity contribution in [2.24, 2.45) is 0 Å². The Balaban J connectivity index is 1.57. The molecule has 2 aliphatic rings. The first-order chi connectivity index (χ1) is 12.3. The van der Waals surface area contributed by atoms with Gasteiger partial charge >= 0.3 is 0 Å². The van der Waals surface area contributed by atoms with E-state index in [2.05, 4.69) is 17.1 Å². The number of carbonyl (C=O) groups is 1. The molecule has 1 saturated heterocycles. The van der Waals surface area contributed by atoms with Crippen LogP contribution in [0.3, 0.4) is 0 Å². The van der Waals surface area contributed by atoms with Crippen molar-refractivity contribution in [3.8, 4) is 11.5 Å². The van der Waals surface area contributed by atoms with Crippen molar-refractivity contribution in [3.63, 3.8) is 0 Å². The third-order valence-corrected chi connectivity index (χ3v) is 5.06. The lowest BCUT2D eigenvalue weighted by Crippen LogP contribution is -2.47. The van der Waals surface area contributed by atoms with Gasteiger partial charge in [-0.05, 0) is 50.6 Å².